The first-order chi connectivity index (χ1) is 11.5. The molecule has 0 bridgehead atoms. The third-order valence-corrected chi connectivity index (χ3v) is 6.23. The first kappa shape index (κ1) is 17.3. The van der Waals surface area contributed by atoms with Gasteiger partial charge in [-0.25, -0.2) is 0 Å². The van der Waals surface area contributed by atoms with Gasteiger partial charge in [-0.05, 0) is 41.4 Å². The molecule has 1 aromatic carbocycles. The highest BCUT2D eigenvalue weighted by Gasteiger charge is 2.31. The Balaban J connectivity index is 2.22. The second-order valence-electron chi connectivity index (χ2n) is 7.13. The van der Waals surface area contributed by atoms with Gasteiger partial charge in [-0.1, -0.05) is 57.5 Å². The van der Waals surface area contributed by atoms with Crippen LogP contribution in [-0.2, 0) is 19.4 Å². The van der Waals surface area contributed by atoms with Crippen molar-refractivity contribution in [2.75, 3.05) is 0 Å². The van der Waals surface area contributed by atoms with Gasteiger partial charge in [0, 0.05) is 21.9 Å². The Hall–Kier alpha value is -1.54. The number of nitriles is 1. The van der Waals surface area contributed by atoms with E-state index in [1.165, 1.54) is 32.9 Å². The summed E-state index contributed by atoms with van der Waals surface area (Å²) in [5.74, 6) is 0. The molecule has 0 unspecified atom stereocenters. The van der Waals surface area contributed by atoms with Gasteiger partial charge in [-0.3, -0.25) is 4.72 Å². The number of nitrogens with one attached hydrogen (secondary N) is 1. The summed E-state index contributed by atoms with van der Waals surface area (Å²) in [6, 6.07) is 10.6. The molecule has 0 amide bonds. The molecule has 0 atom stereocenters. The number of thiol groups is 1. The van der Waals surface area contributed by atoms with Crippen molar-refractivity contribution in [2.24, 2.45) is 5.41 Å². The summed E-state index contributed by atoms with van der Waals surface area (Å²) in [4.78, 5) is 2.60. The summed E-state index contributed by atoms with van der Waals surface area (Å²) >= 11 is 5.99. The van der Waals surface area contributed by atoms with E-state index in [0.717, 1.165) is 18.4 Å². The van der Waals surface area contributed by atoms with Gasteiger partial charge in [0.15, 0.2) is 0 Å². The smallest absolute Gasteiger partial charge is 0.0992 e. The van der Waals surface area contributed by atoms with Crippen LogP contribution in [0, 0.1) is 16.7 Å². The van der Waals surface area contributed by atoms with Crippen LogP contribution in [0.5, 0.6) is 0 Å². The van der Waals surface area contributed by atoms with Crippen LogP contribution in [0.25, 0.3) is 16.0 Å². The molecule has 0 fully saturated rings. The number of hydrogen-bond donors (Lipinski definition) is 2. The molecule has 1 aliphatic carbocycles. The molecule has 1 aromatic heterocycles. The number of aryl methyl sites for hydroxylation is 1. The Bertz CT molecular complexity index is 825. The maximum absolute atomic E-state index is 9.51. The first-order valence-corrected chi connectivity index (χ1v) is 9.42. The summed E-state index contributed by atoms with van der Waals surface area (Å²) in [5.41, 5.74) is 5.64. The van der Waals surface area contributed by atoms with Crippen molar-refractivity contribution in [1.29, 1.82) is 5.26 Å². The van der Waals surface area contributed by atoms with E-state index in [9.17, 15) is 5.26 Å². The first-order valence-electron chi connectivity index (χ1n) is 8.16. The van der Waals surface area contributed by atoms with Crippen molar-refractivity contribution in [3.05, 3.63) is 52.4 Å². The molecule has 1 heterocycles. The highest BCUT2D eigenvalue weighted by atomic mass is 32.1. The fraction of sp³-hybridized carbons (Fsp3) is 0.350. The lowest BCUT2D eigenvalue weighted by Gasteiger charge is -2.30. The third kappa shape index (κ3) is 3.17. The molecule has 0 aliphatic heterocycles. The second kappa shape index (κ2) is 6.76. The number of allylic oxidation sites excluding steroid dienone is 1. The molecule has 2 nitrogen and oxygen atoms in total. The molecule has 0 radical (unpaired) electrons. The highest BCUT2D eigenvalue weighted by molar-refractivity contribution is 7.78. The molecule has 4 heteroatoms. The van der Waals surface area contributed by atoms with Crippen LogP contribution in [0.15, 0.2) is 30.8 Å². The molecule has 2 aromatic rings. The number of hydrogen-bond acceptors (Lipinski definition) is 4. The third-order valence-electron chi connectivity index (χ3n) is 4.74. The summed E-state index contributed by atoms with van der Waals surface area (Å²) in [5, 5.41) is 9.51. The number of nitrogens with zero attached hydrogens (tertiary/aromatic N) is 1. The molecule has 3 rings (SSSR count). The van der Waals surface area contributed by atoms with Gasteiger partial charge in [-0.15, -0.1) is 11.3 Å². The Morgan fingerprint density at radius 1 is 1.42 bits per heavy atom. The van der Waals surface area contributed by atoms with Crippen molar-refractivity contribution >= 4 is 29.7 Å². The summed E-state index contributed by atoms with van der Waals surface area (Å²) in [6.07, 6.45) is 3.30. The van der Waals surface area contributed by atoms with Gasteiger partial charge in [0.05, 0.1) is 11.6 Å². The van der Waals surface area contributed by atoms with Gasteiger partial charge < -0.3 is 0 Å². The minimum Gasteiger partial charge on any atom is -0.262 e. The lowest BCUT2D eigenvalue weighted by atomic mass is 9.75. The number of thiophene rings is 1. The van der Waals surface area contributed by atoms with Gasteiger partial charge >= 0.3 is 0 Å². The van der Waals surface area contributed by atoms with Crippen molar-refractivity contribution < 1.29 is 0 Å². The highest BCUT2D eigenvalue weighted by Crippen LogP contribution is 2.47. The molecule has 0 saturated heterocycles. The average Bonchev–Trinajstić information content (AvgIpc) is 2.92. The second-order valence-corrected chi connectivity index (χ2v) is 8.55. The van der Waals surface area contributed by atoms with Crippen LogP contribution in [0.3, 0.4) is 0 Å². The van der Waals surface area contributed by atoms with Gasteiger partial charge in [0.2, 0.25) is 0 Å². The standard InChI is InChI=1S/C20H22N2S2/c1-13(11-21)18-16-10-20(2,3)9-8-17(16)24-19(18)15-7-5-4-6-14(15)12-22-23/h4-7,22-23H,1,8-10,12H2,2-3H3. The summed E-state index contributed by atoms with van der Waals surface area (Å²) in [6.45, 7) is 9.36. The van der Waals surface area contributed by atoms with E-state index in [2.05, 4.69) is 62.2 Å². The molecule has 0 spiro atoms. The Morgan fingerprint density at radius 2 is 2.17 bits per heavy atom. The predicted molar refractivity (Wildman–Crippen MR) is 106 cm³/mol. The Labute approximate surface area is 153 Å². The fourth-order valence-electron chi connectivity index (χ4n) is 3.47. The zero-order valence-corrected chi connectivity index (χ0v) is 15.9. The molecule has 1 aliphatic rings. The zero-order valence-electron chi connectivity index (χ0n) is 14.1. The van der Waals surface area contributed by atoms with Gasteiger partial charge in [-0.2, -0.15) is 5.26 Å². The molecular formula is C20H22N2S2. The monoisotopic (exact) mass is 354 g/mol. The number of fused-ring (bicyclic) bond motifs is 1. The maximum Gasteiger partial charge on any atom is 0.0992 e. The lowest BCUT2D eigenvalue weighted by Crippen LogP contribution is -2.21. The van der Waals surface area contributed by atoms with E-state index in [1.807, 2.05) is 17.4 Å². The topological polar surface area (TPSA) is 35.8 Å². The predicted octanol–water partition coefficient (Wildman–Crippen LogP) is 5.40. The molecule has 1 N–H and O–H groups in total. The van der Waals surface area contributed by atoms with E-state index in [4.69, 9.17) is 0 Å². The quantitative estimate of drug-likeness (QED) is 0.569. The normalized spacial score (nSPS) is 15.6. The minimum atomic E-state index is 0.280. The van der Waals surface area contributed by atoms with Crippen LogP contribution in [0.1, 0.15) is 41.8 Å². The Kier molecular flexibility index (Phi) is 4.87. The Morgan fingerprint density at radius 3 is 2.88 bits per heavy atom. The zero-order chi connectivity index (χ0) is 17.3. The van der Waals surface area contributed by atoms with Crippen LogP contribution in [-0.4, -0.2) is 0 Å². The van der Waals surface area contributed by atoms with E-state index in [1.54, 1.807) is 0 Å². The maximum atomic E-state index is 9.51. The molecule has 24 heavy (non-hydrogen) atoms. The van der Waals surface area contributed by atoms with Crippen LogP contribution < -0.4 is 4.72 Å². The average molecular weight is 355 g/mol. The van der Waals surface area contributed by atoms with E-state index in [-0.39, 0.29) is 5.41 Å². The van der Waals surface area contributed by atoms with Gasteiger partial charge in [0.1, 0.15) is 0 Å². The summed E-state index contributed by atoms with van der Waals surface area (Å²) < 4.78 is 2.94. The van der Waals surface area contributed by atoms with E-state index >= 15 is 0 Å². The number of rotatable bonds is 4. The summed E-state index contributed by atoms with van der Waals surface area (Å²) in [7, 11) is 0. The SMILES string of the molecule is C=C(C#N)c1c(-c2ccccc2CNS)sc2c1CC(C)(C)CC2. The van der Waals surface area contributed by atoms with Crippen LogP contribution in [0.2, 0.25) is 0 Å². The van der Waals surface area contributed by atoms with Gasteiger partial charge in [0.25, 0.3) is 0 Å². The van der Waals surface area contributed by atoms with Crippen molar-refractivity contribution in [2.45, 2.75) is 39.7 Å². The van der Waals surface area contributed by atoms with Crippen molar-refractivity contribution in [1.82, 2.24) is 4.72 Å². The largest absolute Gasteiger partial charge is 0.262 e. The molecule has 124 valence electrons. The van der Waals surface area contributed by atoms with E-state index < -0.39 is 0 Å². The van der Waals surface area contributed by atoms with Crippen molar-refractivity contribution in [3.63, 3.8) is 0 Å². The lowest BCUT2D eigenvalue weighted by molar-refractivity contribution is 0.318. The number of benzene rings is 1. The van der Waals surface area contributed by atoms with E-state index in [0.29, 0.717) is 12.1 Å². The van der Waals surface area contributed by atoms with Crippen molar-refractivity contribution in [3.8, 4) is 16.5 Å². The van der Waals surface area contributed by atoms with Crippen LogP contribution >= 0.6 is 24.2 Å². The minimum absolute atomic E-state index is 0.280. The molecule has 0 saturated carbocycles. The molecular weight excluding hydrogens is 332 g/mol. The fourth-order valence-corrected chi connectivity index (χ4v) is 5.04. The van der Waals surface area contributed by atoms with Crippen LogP contribution in [0.4, 0.5) is 0 Å².